The number of amides is 2. The Balaban J connectivity index is 1.19. The van der Waals surface area contributed by atoms with Crippen LogP contribution in [0, 0.1) is 5.92 Å². The molecule has 0 unspecified atom stereocenters. The summed E-state index contributed by atoms with van der Waals surface area (Å²) in [5.74, 6) is 1.59. The standard InChI is InChI=1S/C23H23N3O4/c27-22(25-18-4-1-3-17(13-18)19-5-2-12-29-19)16-8-10-26(11-9-16)23(28)20-21(15-6-7-15)30-14-24-20/h1-5,12-16H,6-11H2,(H,25,27). The van der Waals surface area contributed by atoms with Crippen molar-refractivity contribution >= 4 is 17.5 Å². The minimum Gasteiger partial charge on any atom is -0.464 e. The zero-order chi connectivity index (χ0) is 20.5. The van der Waals surface area contributed by atoms with Gasteiger partial charge >= 0.3 is 0 Å². The van der Waals surface area contributed by atoms with Gasteiger partial charge in [0.1, 0.15) is 11.5 Å². The van der Waals surface area contributed by atoms with Crippen LogP contribution in [-0.2, 0) is 4.79 Å². The highest BCUT2D eigenvalue weighted by atomic mass is 16.3. The summed E-state index contributed by atoms with van der Waals surface area (Å²) in [6, 6.07) is 11.3. The lowest BCUT2D eigenvalue weighted by Gasteiger charge is -2.31. The first kappa shape index (κ1) is 18.7. The van der Waals surface area contributed by atoms with E-state index in [0.29, 0.717) is 37.5 Å². The Kier molecular flexibility index (Phi) is 4.86. The molecule has 30 heavy (non-hydrogen) atoms. The van der Waals surface area contributed by atoms with Crippen molar-refractivity contribution < 1.29 is 18.4 Å². The Morgan fingerprint density at radius 3 is 2.60 bits per heavy atom. The third-order valence-corrected chi connectivity index (χ3v) is 5.83. The van der Waals surface area contributed by atoms with Crippen molar-refractivity contribution in [1.82, 2.24) is 9.88 Å². The van der Waals surface area contributed by atoms with Gasteiger partial charge in [-0.15, -0.1) is 0 Å². The Hall–Kier alpha value is -3.35. The number of likely N-dealkylation sites (tertiary alicyclic amines) is 1. The molecule has 2 amide bonds. The fourth-order valence-electron chi connectivity index (χ4n) is 3.98. The number of carbonyl (C=O) groups is 2. The van der Waals surface area contributed by atoms with E-state index < -0.39 is 0 Å². The van der Waals surface area contributed by atoms with Crippen LogP contribution in [0.1, 0.15) is 47.8 Å². The van der Waals surface area contributed by atoms with E-state index in [2.05, 4.69) is 10.3 Å². The minimum absolute atomic E-state index is 0.0150. The molecule has 1 aliphatic carbocycles. The van der Waals surface area contributed by atoms with Gasteiger partial charge in [0.05, 0.1) is 6.26 Å². The van der Waals surface area contributed by atoms with Crippen LogP contribution in [0.25, 0.3) is 11.3 Å². The number of hydrogen-bond donors (Lipinski definition) is 1. The van der Waals surface area contributed by atoms with Crippen LogP contribution in [0.15, 0.2) is 57.9 Å². The van der Waals surface area contributed by atoms with Gasteiger partial charge in [0.2, 0.25) is 5.91 Å². The lowest BCUT2D eigenvalue weighted by molar-refractivity contribution is -0.121. The molecular weight excluding hydrogens is 382 g/mol. The zero-order valence-electron chi connectivity index (χ0n) is 16.5. The molecule has 2 aliphatic rings. The van der Waals surface area contributed by atoms with E-state index in [-0.39, 0.29) is 17.7 Å². The minimum atomic E-state index is -0.124. The summed E-state index contributed by atoms with van der Waals surface area (Å²) in [7, 11) is 0. The van der Waals surface area contributed by atoms with Crippen LogP contribution in [0.2, 0.25) is 0 Å². The Morgan fingerprint density at radius 1 is 1.03 bits per heavy atom. The second-order valence-corrected chi connectivity index (χ2v) is 7.95. The van der Waals surface area contributed by atoms with Crippen molar-refractivity contribution in [3.63, 3.8) is 0 Å². The number of nitrogens with one attached hydrogen (secondary N) is 1. The average molecular weight is 405 g/mol. The van der Waals surface area contributed by atoms with Crippen molar-refractivity contribution in [3.05, 3.63) is 60.5 Å². The van der Waals surface area contributed by atoms with Crippen LogP contribution >= 0.6 is 0 Å². The second kappa shape index (κ2) is 7.82. The smallest absolute Gasteiger partial charge is 0.276 e. The molecule has 3 aromatic rings. The van der Waals surface area contributed by atoms with Crippen LogP contribution in [0.5, 0.6) is 0 Å². The first-order valence-corrected chi connectivity index (χ1v) is 10.4. The molecule has 1 saturated carbocycles. The van der Waals surface area contributed by atoms with Crippen molar-refractivity contribution in [1.29, 1.82) is 0 Å². The van der Waals surface area contributed by atoms with E-state index in [4.69, 9.17) is 8.83 Å². The first-order chi connectivity index (χ1) is 14.7. The Labute approximate surface area is 174 Å². The van der Waals surface area contributed by atoms with Gasteiger partial charge < -0.3 is 19.1 Å². The van der Waals surface area contributed by atoms with Crippen molar-refractivity contribution in [2.45, 2.75) is 31.6 Å². The van der Waals surface area contributed by atoms with E-state index in [1.807, 2.05) is 36.4 Å². The number of aromatic nitrogens is 1. The summed E-state index contributed by atoms with van der Waals surface area (Å²) < 4.78 is 10.9. The van der Waals surface area contributed by atoms with E-state index in [1.165, 1.54) is 6.39 Å². The number of benzene rings is 1. The number of furan rings is 1. The van der Waals surface area contributed by atoms with E-state index in [0.717, 1.165) is 35.6 Å². The SMILES string of the molecule is O=C(Nc1cccc(-c2ccco2)c1)C1CCN(C(=O)c2ncoc2C2CC2)CC1. The maximum atomic E-state index is 12.8. The van der Waals surface area contributed by atoms with Gasteiger partial charge in [0.25, 0.3) is 5.91 Å². The summed E-state index contributed by atoms with van der Waals surface area (Å²) in [6.45, 7) is 1.08. The summed E-state index contributed by atoms with van der Waals surface area (Å²) in [4.78, 5) is 31.5. The molecule has 1 aliphatic heterocycles. The number of oxazole rings is 1. The molecule has 154 valence electrons. The topological polar surface area (TPSA) is 88.6 Å². The lowest BCUT2D eigenvalue weighted by Crippen LogP contribution is -2.41. The first-order valence-electron chi connectivity index (χ1n) is 10.4. The molecule has 2 aromatic heterocycles. The van der Waals surface area contributed by atoms with Gasteiger partial charge in [0.15, 0.2) is 12.1 Å². The highest BCUT2D eigenvalue weighted by molar-refractivity contribution is 5.95. The maximum absolute atomic E-state index is 12.8. The third kappa shape index (κ3) is 3.75. The molecule has 5 rings (SSSR count). The molecule has 1 aromatic carbocycles. The number of piperidine rings is 1. The zero-order valence-corrected chi connectivity index (χ0v) is 16.5. The van der Waals surface area contributed by atoms with Gasteiger partial charge in [0, 0.05) is 36.2 Å². The van der Waals surface area contributed by atoms with Gasteiger partial charge in [-0.05, 0) is 49.9 Å². The highest BCUT2D eigenvalue weighted by Crippen LogP contribution is 2.41. The van der Waals surface area contributed by atoms with E-state index >= 15 is 0 Å². The lowest BCUT2D eigenvalue weighted by atomic mass is 9.95. The molecule has 0 radical (unpaired) electrons. The van der Waals surface area contributed by atoms with Crippen molar-refractivity contribution in [2.24, 2.45) is 5.92 Å². The van der Waals surface area contributed by atoms with Crippen LogP contribution in [0.3, 0.4) is 0 Å². The van der Waals surface area contributed by atoms with E-state index in [9.17, 15) is 9.59 Å². The second-order valence-electron chi connectivity index (χ2n) is 7.95. The molecule has 7 nitrogen and oxygen atoms in total. The van der Waals surface area contributed by atoms with Crippen LogP contribution < -0.4 is 5.32 Å². The van der Waals surface area contributed by atoms with Crippen molar-refractivity contribution in [2.75, 3.05) is 18.4 Å². The number of hydrogen-bond acceptors (Lipinski definition) is 5. The Bertz CT molecular complexity index is 1040. The predicted molar refractivity (Wildman–Crippen MR) is 110 cm³/mol. The van der Waals surface area contributed by atoms with Gasteiger partial charge in [-0.2, -0.15) is 0 Å². The van der Waals surface area contributed by atoms with Crippen LogP contribution in [0.4, 0.5) is 5.69 Å². The molecule has 1 N–H and O–H groups in total. The Morgan fingerprint density at radius 2 is 1.87 bits per heavy atom. The number of carbonyl (C=O) groups excluding carboxylic acids is 2. The average Bonchev–Trinajstić information content (AvgIpc) is 3.27. The van der Waals surface area contributed by atoms with Crippen LogP contribution in [-0.4, -0.2) is 34.8 Å². The van der Waals surface area contributed by atoms with Crippen molar-refractivity contribution in [3.8, 4) is 11.3 Å². The highest BCUT2D eigenvalue weighted by Gasteiger charge is 2.35. The number of rotatable bonds is 5. The molecule has 1 saturated heterocycles. The summed E-state index contributed by atoms with van der Waals surface area (Å²) >= 11 is 0. The monoisotopic (exact) mass is 405 g/mol. The number of anilines is 1. The normalized spacial score (nSPS) is 17.1. The molecular formula is C23H23N3O4. The molecule has 7 heteroatoms. The van der Waals surface area contributed by atoms with E-state index in [1.54, 1.807) is 11.2 Å². The summed E-state index contributed by atoms with van der Waals surface area (Å²) in [5, 5.41) is 3.01. The summed E-state index contributed by atoms with van der Waals surface area (Å²) in [6.07, 6.45) is 6.36. The molecule has 0 atom stereocenters. The molecule has 3 heterocycles. The maximum Gasteiger partial charge on any atom is 0.276 e. The predicted octanol–water partition coefficient (Wildman–Crippen LogP) is 4.30. The fraction of sp³-hybridized carbons (Fsp3) is 0.348. The quantitative estimate of drug-likeness (QED) is 0.684. The fourth-order valence-corrected chi connectivity index (χ4v) is 3.98. The molecule has 0 bridgehead atoms. The van der Waals surface area contributed by atoms with Gasteiger partial charge in [-0.25, -0.2) is 4.98 Å². The van der Waals surface area contributed by atoms with Gasteiger partial charge in [-0.3, -0.25) is 9.59 Å². The molecule has 0 spiro atoms. The number of nitrogens with zero attached hydrogens (tertiary/aromatic N) is 2. The third-order valence-electron chi connectivity index (χ3n) is 5.83. The molecule has 2 fully saturated rings. The largest absolute Gasteiger partial charge is 0.464 e. The van der Waals surface area contributed by atoms with Gasteiger partial charge in [-0.1, -0.05) is 12.1 Å². The summed E-state index contributed by atoms with van der Waals surface area (Å²) in [5.41, 5.74) is 2.09.